The highest BCUT2D eigenvalue weighted by atomic mass is 19.1. The van der Waals surface area contributed by atoms with Crippen molar-refractivity contribution in [2.45, 2.75) is 6.61 Å². The van der Waals surface area contributed by atoms with Crippen molar-refractivity contribution in [3.05, 3.63) is 84.1 Å². The van der Waals surface area contributed by atoms with E-state index in [4.69, 9.17) is 9.47 Å². The summed E-state index contributed by atoms with van der Waals surface area (Å²) in [5.74, 6) is -0.703. The first-order valence-corrected chi connectivity index (χ1v) is 8.34. The number of aromatic nitrogens is 2. The third kappa shape index (κ3) is 3.21. The van der Waals surface area contributed by atoms with E-state index >= 15 is 0 Å². The number of hydrogen-bond acceptors (Lipinski definition) is 3. The molecule has 1 heterocycles. The predicted molar refractivity (Wildman–Crippen MR) is 98.3 cm³/mol. The van der Waals surface area contributed by atoms with E-state index in [0.29, 0.717) is 16.6 Å². The molecule has 0 aliphatic heterocycles. The van der Waals surface area contributed by atoms with Gasteiger partial charge in [-0.15, -0.1) is 0 Å². The highest BCUT2D eigenvalue weighted by Gasteiger charge is 2.14. The van der Waals surface area contributed by atoms with E-state index < -0.39 is 11.6 Å². The molecular weight excluding hydrogens is 350 g/mol. The summed E-state index contributed by atoms with van der Waals surface area (Å²) in [6.07, 6.45) is 1.50. The van der Waals surface area contributed by atoms with Gasteiger partial charge in [-0.3, -0.25) is 0 Å². The van der Waals surface area contributed by atoms with Gasteiger partial charge >= 0.3 is 0 Å². The molecule has 0 fully saturated rings. The number of halogens is 2. The number of benzene rings is 3. The average molecular weight is 366 g/mol. The Hall–Kier alpha value is -3.41. The van der Waals surface area contributed by atoms with Gasteiger partial charge in [0.25, 0.3) is 0 Å². The minimum atomic E-state index is -0.499. The quantitative estimate of drug-likeness (QED) is 0.504. The molecule has 4 nitrogen and oxygen atoms in total. The highest BCUT2D eigenvalue weighted by Crippen LogP contribution is 2.30. The summed E-state index contributed by atoms with van der Waals surface area (Å²) in [4.78, 5) is 0. The molecule has 27 heavy (non-hydrogen) atoms. The van der Waals surface area contributed by atoms with Crippen LogP contribution >= 0.6 is 0 Å². The van der Waals surface area contributed by atoms with Crippen LogP contribution in [0.4, 0.5) is 8.78 Å². The minimum absolute atomic E-state index is 0.113. The van der Waals surface area contributed by atoms with Crippen molar-refractivity contribution in [2.75, 3.05) is 7.11 Å². The summed E-state index contributed by atoms with van der Waals surface area (Å²) in [7, 11) is 1.40. The van der Waals surface area contributed by atoms with Crippen molar-refractivity contribution in [2.24, 2.45) is 0 Å². The van der Waals surface area contributed by atoms with Gasteiger partial charge in [0.15, 0.2) is 23.1 Å². The van der Waals surface area contributed by atoms with Crippen LogP contribution in [-0.2, 0) is 6.61 Å². The molecule has 0 spiro atoms. The molecule has 0 saturated carbocycles. The van der Waals surface area contributed by atoms with Crippen molar-refractivity contribution in [1.82, 2.24) is 9.78 Å². The molecule has 0 radical (unpaired) electrons. The standard InChI is InChI=1S/C21H16F2N2O2/c1-26-21-16-12-24-25(19(16)9-8-17(21)22)15-7-10-20(18(23)11-15)27-13-14-5-3-2-4-6-14/h2-12H,13H2,1H3. The molecule has 0 saturated heterocycles. The fraction of sp³-hybridized carbons (Fsp3) is 0.0952. The Bertz CT molecular complexity index is 1090. The molecule has 0 aliphatic carbocycles. The van der Waals surface area contributed by atoms with Crippen LogP contribution in [0.15, 0.2) is 66.9 Å². The first-order valence-electron chi connectivity index (χ1n) is 8.34. The van der Waals surface area contributed by atoms with E-state index in [1.807, 2.05) is 30.3 Å². The summed E-state index contributed by atoms with van der Waals surface area (Å²) in [5.41, 5.74) is 2.07. The molecule has 0 N–H and O–H groups in total. The number of methoxy groups -OCH3 is 1. The largest absolute Gasteiger partial charge is 0.493 e. The topological polar surface area (TPSA) is 36.3 Å². The second-order valence-corrected chi connectivity index (χ2v) is 5.96. The molecule has 0 unspecified atom stereocenters. The normalized spacial score (nSPS) is 10.9. The Morgan fingerprint density at radius 1 is 0.963 bits per heavy atom. The van der Waals surface area contributed by atoms with Crippen LogP contribution in [0.2, 0.25) is 0 Å². The predicted octanol–water partition coefficient (Wildman–Crippen LogP) is 4.89. The lowest BCUT2D eigenvalue weighted by molar-refractivity contribution is 0.290. The zero-order valence-electron chi connectivity index (χ0n) is 14.5. The van der Waals surface area contributed by atoms with Gasteiger partial charge < -0.3 is 9.47 Å². The van der Waals surface area contributed by atoms with E-state index in [-0.39, 0.29) is 18.1 Å². The summed E-state index contributed by atoms with van der Waals surface area (Å²) in [6.45, 7) is 0.276. The average Bonchev–Trinajstić information content (AvgIpc) is 3.12. The summed E-state index contributed by atoms with van der Waals surface area (Å²) >= 11 is 0. The van der Waals surface area contributed by atoms with Crippen molar-refractivity contribution < 1.29 is 18.3 Å². The van der Waals surface area contributed by atoms with Gasteiger partial charge in [0.1, 0.15) is 6.61 Å². The second kappa shape index (κ2) is 7.07. The molecule has 3 aromatic carbocycles. The number of ether oxygens (including phenoxy) is 2. The second-order valence-electron chi connectivity index (χ2n) is 5.96. The Kier molecular flexibility index (Phi) is 4.46. The van der Waals surface area contributed by atoms with Gasteiger partial charge in [-0.05, 0) is 29.8 Å². The zero-order chi connectivity index (χ0) is 18.8. The number of fused-ring (bicyclic) bond motifs is 1. The fourth-order valence-electron chi connectivity index (χ4n) is 2.94. The summed E-state index contributed by atoms with van der Waals surface area (Å²) in [5, 5.41) is 4.76. The molecule has 0 bridgehead atoms. The lowest BCUT2D eigenvalue weighted by Gasteiger charge is -2.10. The van der Waals surface area contributed by atoms with Crippen molar-refractivity contribution in [3.8, 4) is 17.2 Å². The lowest BCUT2D eigenvalue weighted by atomic mass is 10.2. The van der Waals surface area contributed by atoms with Gasteiger partial charge in [-0.25, -0.2) is 13.5 Å². The van der Waals surface area contributed by atoms with E-state index in [1.165, 1.54) is 30.1 Å². The third-order valence-corrected chi connectivity index (χ3v) is 4.26. The minimum Gasteiger partial charge on any atom is -0.493 e. The summed E-state index contributed by atoms with van der Waals surface area (Å²) < 4.78 is 40.5. The van der Waals surface area contributed by atoms with Gasteiger partial charge in [-0.2, -0.15) is 5.10 Å². The number of nitrogens with zero attached hydrogens (tertiary/aromatic N) is 2. The fourth-order valence-corrected chi connectivity index (χ4v) is 2.94. The van der Waals surface area contributed by atoms with Crippen LogP contribution in [0.1, 0.15) is 5.56 Å². The van der Waals surface area contributed by atoms with E-state index in [1.54, 1.807) is 18.2 Å². The first kappa shape index (κ1) is 17.0. The summed E-state index contributed by atoms with van der Waals surface area (Å²) in [6, 6.07) is 17.0. The van der Waals surface area contributed by atoms with Gasteiger partial charge in [-0.1, -0.05) is 30.3 Å². The van der Waals surface area contributed by atoms with Crippen molar-refractivity contribution in [1.29, 1.82) is 0 Å². The van der Waals surface area contributed by atoms with Gasteiger partial charge in [0.05, 0.1) is 29.9 Å². The monoisotopic (exact) mass is 366 g/mol. The van der Waals surface area contributed by atoms with Gasteiger partial charge in [0.2, 0.25) is 0 Å². The third-order valence-electron chi connectivity index (χ3n) is 4.26. The van der Waals surface area contributed by atoms with Crippen LogP contribution in [0.25, 0.3) is 16.6 Å². The van der Waals surface area contributed by atoms with Crippen LogP contribution in [0.5, 0.6) is 11.5 Å². The molecule has 6 heteroatoms. The smallest absolute Gasteiger partial charge is 0.167 e. The SMILES string of the molecule is COc1c(F)ccc2c1cnn2-c1ccc(OCc2ccccc2)c(F)c1. The molecule has 4 aromatic rings. The molecule has 4 rings (SSSR count). The Balaban J connectivity index is 1.64. The molecular formula is C21H16F2N2O2. The highest BCUT2D eigenvalue weighted by molar-refractivity contribution is 5.86. The Labute approximate surface area is 154 Å². The van der Waals surface area contributed by atoms with E-state index in [9.17, 15) is 8.78 Å². The number of hydrogen-bond donors (Lipinski definition) is 0. The molecule has 1 aromatic heterocycles. The zero-order valence-corrected chi connectivity index (χ0v) is 14.5. The van der Waals surface area contributed by atoms with E-state index in [2.05, 4.69) is 5.10 Å². The maximum Gasteiger partial charge on any atom is 0.167 e. The van der Waals surface area contributed by atoms with Crippen LogP contribution in [-0.4, -0.2) is 16.9 Å². The van der Waals surface area contributed by atoms with Crippen LogP contribution in [0.3, 0.4) is 0 Å². The first-order chi connectivity index (χ1) is 13.2. The molecule has 0 atom stereocenters. The lowest BCUT2D eigenvalue weighted by Crippen LogP contribution is -2.00. The maximum absolute atomic E-state index is 14.5. The maximum atomic E-state index is 14.5. The molecule has 0 aliphatic rings. The van der Waals surface area contributed by atoms with Crippen LogP contribution in [0, 0.1) is 11.6 Å². The Morgan fingerprint density at radius 3 is 2.52 bits per heavy atom. The molecule has 136 valence electrons. The van der Waals surface area contributed by atoms with Gasteiger partial charge in [0, 0.05) is 6.07 Å². The molecule has 0 amide bonds. The number of rotatable bonds is 5. The van der Waals surface area contributed by atoms with Crippen LogP contribution < -0.4 is 9.47 Å². The van der Waals surface area contributed by atoms with Crippen molar-refractivity contribution >= 4 is 10.9 Å². The van der Waals surface area contributed by atoms with Crippen molar-refractivity contribution in [3.63, 3.8) is 0 Å². The Morgan fingerprint density at radius 2 is 1.78 bits per heavy atom. The van der Waals surface area contributed by atoms with E-state index in [0.717, 1.165) is 5.56 Å².